The summed E-state index contributed by atoms with van der Waals surface area (Å²) in [7, 11) is -3.64. The van der Waals surface area contributed by atoms with E-state index in [0.29, 0.717) is 45.7 Å². The van der Waals surface area contributed by atoms with Crippen LogP contribution in [0.4, 0.5) is 0 Å². The molecule has 0 N–H and O–H groups in total. The molecule has 0 atom stereocenters. The van der Waals surface area contributed by atoms with Gasteiger partial charge in [0.2, 0.25) is 10.0 Å². The number of rotatable bonds is 9. The summed E-state index contributed by atoms with van der Waals surface area (Å²) in [6, 6.07) is 16.4. The second-order valence-electron chi connectivity index (χ2n) is 8.16. The van der Waals surface area contributed by atoms with Gasteiger partial charge in [0, 0.05) is 37.0 Å². The second kappa shape index (κ2) is 11.1. The van der Waals surface area contributed by atoms with Crippen LogP contribution in [0.15, 0.2) is 70.6 Å². The molecule has 3 aromatic rings. The van der Waals surface area contributed by atoms with E-state index in [1.165, 1.54) is 16.1 Å². The first-order chi connectivity index (χ1) is 17.3. The molecule has 188 valence electrons. The molecule has 1 aromatic heterocycles. The normalized spacial score (nSPS) is 15.4. The van der Waals surface area contributed by atoms with Gasteiger partial charge in [0.05, 0.1) is 15.5 Å². The lowest BCUT2D eigenvalue weighted by Gasteiger charge is -2.18. The van der Waals surface area contributed by atoms with Crippen molar-refractivity contribution in [2.24, 2.45) is 0 Å². The zero-order chi connectivity index (χ0) is 25.9. The molecule has 2 aromatic carbocycles. The third-order valence-electron chi connectivity index (χ3n) is 5.82. The highest BCUT2D eigenvalue weighted by atomic mass is 32.2. The molecule has 0 aliphatic carbocycles. The number of thiocarbonyl (C=S) groups is 1. The molecule has 0 spiro atoms. The Morgan fingerprint density at radius 3 is 2.44 bits per heavy atom. The van der Waals surface area contributed by atoms with Gasteiger partial charge < -0.3 is 0 Å². The molecule has 1 fully saturated rings. The Kier molecular flexibility index (Phi) is 8.09. The minimum atomic E-state index is -3.64. The van der Waals surface area contributed by atoms with Gasteiger partial charge in [0.25, 0.3) is 5.91 Å². The van der Waals surface area contributed by atoms with E-state index in [-0.39, 0.29) is 10.8 Å². The molecular weight excluding hydrogens is 513 g/mol. The van der Waals surface area contributed by atoms with Gasteiger partial charge in [-0.25, -0.2) is 13.1 Å². The van der Waals surface area contributed by atoms with E-state index in [0.717, 1.165) is 12.1 Å². The molecule has 7 nitrogen and oxygen atoms in total. The molecule has 1 aliphatic heterocycles. The number of benzene rings is 2. The van der Waals surface area contributed by atoms with Crippen molar-refractivity contribution in [1.29, 1.82) is 0 Å². The lowest BCUT2D eigenvalue weighted by Crippen LogP contribution is -2.30. The minimum Gasteiger partial charge on any atom is -0.293 e. The van der Waals surface area contributed by atoms with Crippen molar-refractivity contribution >= 4 is 50.3 Å². The largest absolute Gasteiger partial charge is 0.293 e. The van der Waals surface area contributed by atoms with Gasteiger partial charge >= 0.3 is 0 Å². The van der Waals surface area contributed by atoms with E-state index in [9.17, 15) is 13.2 Å². The van der Waals surface area contributed by atoms with Crippen molar-refractivity contribution in [2.45, 2.75) is 32.1 Å². The zero-order valence-electron chi connectivity index (χ0n) is 20.4. The Labute approximate surface area is 221 Å². The summed E-state index contributed by atoms with van der Waals surface area (Å²) in [4.78, 5) is 15.3. The molecule has 0 bridgehead atoms. The number of sulfonamides is 1. The average molecular weight is 541 g/mol. The number of aromatic nitrogens is 2. The summed E-state index contributed by atoms with van der Waals surface area (Å²) in [5, 5.41) is 4.80. The van der Waals surface area contributed by atoms with Crippen molar-refractivity contribution in [2.75, 3.05) is 19.6 Å². The first-order valence-electron chi connectivity index (χ1n) is 11.8. The Hall–Kier alpha value is -2.79. The molecule has 1 aliphatic rings. The van der Waals surface area contributed by atoms with Gasteiger partial charge in [-0.05, 0) is 36.8 Å². The van der Waals surface area contributed by atoms with Crippen LogP contribution >= 0.6 is 24.0 Å². The van der Waals surface area contributed by atoms with Gasteiger partial charge in [-0.2, -0.15) is 9.40 Å². The third-order valence-corrected chi connectivity index (χ3v) is 9.25. The van der Waals surface area contributed by atoms with E-state index < -0.39 is 10.0 Å². The maximum absolute atomic E-state index is 13.2. The van der Waals surface area contributed by atoms with Gasteiger partial charge in [0.1, 0.15) is 10.0 Å². The fraction of sp³-hybridized carbons (Fsp3) is 0.269. The number of carbonyl (C=O) groups excluding carboxylic acids is 1. The molecule has 1 saturated heterocycles. The lowest BCUT2D eigenvalue weighted by molar-refractivity contribution is -0.122. The van der Waals surface area contributed by atoms with Crippen LogP contribution in [0.2, 0.25) is 0 Å². The molecule has 2 heterocycles. The maximum Gasteiger partial charge on any atom is 0.266 e. The van der Waals surface area contributed by atoms with E-state index in [1.54, 1.807) is 33.9 Å². The molecule has 4 rings (SSSR count). The molecule has 0 saturated carbocycles. The summed E-state index contributed by atoms with van der Waals surface area (Å²) in [5.74, 6) is -0.122. The van der Waals surface area contributed by atoms with Crippen LogP contribution in [0, 0.1) is 0 Å². The summed E-state index contributed by atoms with van der Waals surface area (Å²) in [6.45, 7) is 6.98. The number of hydrogen-bond acceptors (Lipinski definition) is 6. The maximum atomic E-state index is 13.2. The molecule has 1 amide bonds. The quantitative estimate of drug-likeness (QED) is 0.275. The Morgan fingerprint density at radius 1 is 1.06 bits per heavy atom. The number of carbonyl (C=O) groups is 1. The predicted molar refractivity (Wildman–Crippen MR) is 149 cm³/mol. The monoisotopic (exact) mass is 540 g/mol. The fourth-order valence-corrected chi connectivity index (χ4v) is 6.81. The smallest absolute Gasteiger partial charge is 0.266 e. The number of nitrogens with zero attached hydrogens (tertiary/aromatic N) is 4. The van der Waals surface area contributed by atoms with Gasteiger partial charge in [-0.3, -0.25) is 9.69 Å². The summed E-state index contributed by atoms with van der Waals surface area (Å²) >= 11 is 6.70. The highest BCUT2D eigenvalue weighted by Crippen LogP contribution is 2.35. The van der Waals surface area contributed by atoms with Crippen molar-refractivity contribution in [3.63, 3.8) is 0 Å². The number of para-hydroxylation sites is 1. The lowest BCUT2D eigenvalue weighted by atomic mass is 10.1. The topological polar surface area (TPSA) is 75.5 Å². The number of thioether (sulfide) groups is 1. The van der Waals surface area contributed by atoms with Gasteiger partial charge in [-0.15, -0.1) is 0 Å². The highest BCUT2D eigenvalue weighted by molar-refractivity contribution is 8.26. The molecule has 0 unspecified atom stereocenters. The van der Waals surface area contributed by atoms with E-state index in [4.69, 9.17) is 17.3 Å². The Morgan fingerprint density at radius 2 is 1.78 bits per heavy atom. The van der Waals surface area contributed by atoms with Crippen LogP contribution in [0.1, 0.15) is 32.8 Å². The van der Waals surface area contributed by atoms with Crippen LogP contribution < -0.4 is 0 Å². The van der Waals surface area contributed by atoms with Crippen LogP contribution in [-0.4, -0.2) is 57.3 Å². The van der Waals surface area contributed by atoms with E-state index >= 15 is 0 Å². The Bertz CT molecular complexity index is 1410. The van der Waals surface area contributed by atoms with Crippen LogP contribution in [0.5, 0.6) is 0 Å². The number of amides is 1. The second-order valence-corrected chi connectivity index (χ2v) is 11.8. The van der Waals surface area contributed by atoms with Gasteiger partial charge in [0.15, 0.2) is 0 Å². The van der Waals surface area contributed by atoms with Crippen molar-refractivity contribution in [1.82, 2.24) is 19.0 Å². The zero-order valence-corrected chi connectivity index (χ0v) is 22.9. The molecular formula is C26H28N4O3S3. The van der Waals surface area contributed by atoms with Gasteiger partial charge in [-0.1, -0.05) is 75.1 Å². The SMILES string of the molecule is CCCN1C(=O)C(=Cc2cn(-c3ccccc3)nc2-c2cccc(S(=O)(=O)N(CC)CC)c2)SC1=S. The van der Waals surface area contributed by atoms with Crippen LogP contribution in [0.3, 0.4) is 0 Å². The summed E-state index contributed by atoms with van der Waals surface area (Å²) in [5.41, 5.74) is 2.78. The first-order valence-corrected chi connectivity index (χ1v) is 14.5. The number of hydrogen-bond donors (Lipinski definition) is 0. The van der Waals surface area contributed by atoms with Crippen molar-refractivity contribution in [3.05, 3.63) is 71.3 Å². The fourth-order valence-electron chi connectivity index (χ4n) is 4.00. The third kappa shape index (κ3) is 5.17. The minimum absolute atomic E-state index is 0.122. The van der Waals surface area contributed by atoms with Crippen molar-refractivity contribution < 1.29 is 13.2 Å². The molecule has 36 heavy (non-hydrogen) atoms. The van der Waals surface area contributed by atoms with Crippen LogP contribution in [0.25, 0.3) is 23.0 Å². The van der Waals surface area contributed by atoms with Crippen molar-refractivity contribution in [3.8, 4) is 16.9 Å². The van der Waals surface area contributed by atoms with E-state index in [2.05, 4.69) is 0 Å². The molecule has 10 heteroatoms. The standard InChI is InChI=1S/C26H28N4O3S3/c1-4-15-29-25(31)23(35-26(29)34)17-20-18-30(21-12-8-7-9-13-21)27-24(20)19-11-10-14-22(16-19)36(32,33)28(5-2)6-3/h7-14,16-18H,4-6,15H2,1-3H3. The average Bonchev–Trinajstić information content (AvgIpc) is 3.42. The summed E-state index contributed by atoms with van der Waals surface area (Å²) in [6.07, 6.45) is 4.45. The Balaban J connectivity index is 1.83. The predicted octanol–water partition coefficient (Wildman–Crippen LogP) is 5.18. The molecule has 0 radical (unpaired) electrons. The first kappa shape index (κ1) is 26.3. The van der Waals surface area contributed by atoms with Crippen LogP contribution in [-0.2, 0) is 14.8 Å². The highest BCUT2D eigenvalue weighted by Gasteiger charge is 2.32. The van der Waals surface area contributed by atoms with E-state index in [1.807, 2.05) is 63.4 Å². The summed E-state index contributed by atoms with van der Waals surface area (Å²) < 4.78 is 30.0.